The number of rotatable bonds is 4. The van der Waals surface area contributed by atoms with Crippen LogP contribution in [0.5, 0.6) is 0 Å². The zero-order chi connectivity index (χ0) is 13.0. The van der Waals surface area contributed by atoms with Crippen molar-refractivity contribution in [2.45, 2.75) is 49.1 Å². The van der Waals surface area contributed by atoms with Crippen LogP contribution < -0.4 is 5.73 Å². The Balaban J connectivity index is 1.89. The van der Waals surface area contributed by atoms with E-state index in [0.29, 0.717) is 6.42 Å². The first-order valence-electron chi connectivity index (χ1n) is 6.40. The summed E-state index contributed by atoms with van der Waals surface area (Å²) in [5.74, 6) is -0.293. The van der Waals surface area contributed by atoms with Crippen molar-refractivity contribution in [2.24, 2.45) is 5.73 Å². The van der Waals surface area contributed by atoms with Gasteiger partial charge in [0.1, 0.15) is 12.1 Å². The van der Waals surface area contributed by atoms with E-state index >= 15 is 0 Å². The summed E-state index contributed by atoms with van der Waals surface area (Å²) in [6.45, 7) is 0. The van der Waals surface area contributed by atoms with Crippen molar-refractivity contribution < 1.29 is 9.53 Å². The Labute approximate surface area is 113 Å². The number of carbonyl (C=O) groups excluding carboxylic acids is 1. The van der Waals surface area contributed by atoms with Gasteiger partial charge in [0, 0.05) is 4.90 Å². The molecule has 0 heterocycles. The highest BCUT2D eigenvalue weighted by Gasteiger charge is 2.23. The van der Waals surface area contributed by atoms with Crippen LogP contribution in [0.25, 0.3) is 0 Å². The summed E-state index contributed by atoms with van der Waals surface area (Å²) in [6.07, 6.45) is 4.79. The largest absolute Gasteiger partial charge is 0.461 e. The molecule has 2 N–H and O–H groups in total. The maximum atomic E-state index is 11.8. The molecule has 0 radical (unpaired) electrons. The van der Waals surface area contributed by atoms with Crippen LogP contribution in [0.1, 0.15) is 31.2 Å². The monoisotopic (exact) mass is 265 g/mol. The van der Waals surface area contributed by atoms with Crippen LogP contribution in [-0.4, -0.2) is 18.1 Å². The third-order valence-corrected chi connectivity index (χ3v) is 3.76. The lowest BCUT2D eigenvalue weighted by atomic mass is 10.1. The number of nitrogens with two attached hydrogens (primary N) is 1. The second-order valence-electron chi connectivity index (χ2n) is 4.78. The smallest absolute Gasteiger partial charge is 0.323 e. The van der Waals surface area contributed by atoms with Gasteiger partial charge in [-0.15, -0.1) is 12.6 Å². The second kappa shape index (κ2) is 6.25. The molecule has 2 rings (SSSR count). The van der Waals surface area contributed by atoms with Gasteiger partial charge in [0.2, 0.25) is 0 Å². The molecule has 1 fully saturated rings. The molecule has 1 aromatic carbocycles. The number of esters is 1. The van der Waals surface area contributed by atoms with Crippen LogP contribution in [0.15, 0.2) is 29.2 Å². The Morgan fingerprint density at radius 1 is 1.39 bits per heavy atom. The van der Waals surface area contributed by atoms with Crippen molar-refractivity contribution >= 4 is 18.6 Å². The van der Waals surface area contributed by atoms with Gasteiger partial charge in [0.05, 0.1) is 0 Å². The second-order valence-corrected chi connectivity index (χ2v) is 5.26. The molecule has 0 spiro atoms. The first-order chi connectivity index (χ1) is 8.66. The Hall–Kier alpha value is -1.00. The van der Waals surface area contributed by atoms with Crippen LogP contribution in [0, 0.1) is 0 Å². The molecule has 18 heavy (non-hydrogen) atoms. The Morgan fingerprint density at radius 3 is 2.72 bits per heavy atom. The minimum absolute atomic E-state index is 0.0785. The molecule has 0 amide bonds. The lowest BCUT2D eigenvalue weighted by Crippen LogP contribution is -2.36. The first kappa shape index (κ1) is 13.4. The van der Waals surface area contributed by atoms with Crippen LogP contribution in [0.2, 0.25) is 0 Å². The van der Waals surface area contributed by atoms with Gasteiger partial charge in [-0.1, -0.05) is 18.2 Å². The highest BCUT2D eigenvalue weighted by atomic mass is 32.1. The molecule has 4 heteroatoms. The summed E-state index contributed by atoms with van der Waals surface area (Å²) in [7, 11) is 0. The molecule has 0 aromatic heterocycles. The minimum atomic E-state index is -0.598. The van der Waals surface area contributed by atoms with Crippen LogP contribution in [-0.2, 0) is 16.0 Å². The number of carbonyl (C=O) groups is 1. The number of hydrogen-bond donors (Lipinski definition) is 2. The van der Waals surface area contributed by atoms with E-state index < -0.39 is 6.04 Å². The van der Waals surface area contributed by atoms with Gasteiger partial charge in [-0.05, 0) is 43.7 Å². The van der Waals surface area contributed by atoms with E-state index in [1.807, 2.05) is 24.3 Å². The van der Waals surface area contributed by atoms with Gasteiger partial charge in [0.15, 0.2) is 0 Å². The standard InChI is InChI=1S/C14H19NO2S/c15-12(9-10-5-1-4-8-13(10)18)14(16)17-11-6-2-3-7-11/h1,4-5,8,11-12,18H,2-3,6-7,9,15H2. The highest BCUT2D eigenvalue weighted by molar-refractivity contribution is 7.80. The maximum absolute atomic E-state index is 11.8. The fourth-order valence-electron chi connectivity index (χ4n) is 2.26. The average Bonchev–Trinajstić information content (AvgIpc) is 2.84. The summed E-state index contributed by atoms with van der Waals surface area (Å²) in [5.41, 5.74) is 6.87. The van der Waals surface area contributed by atoms with Crippen molar-refractivity contribution in [3.8, 4) is 0 Å². The Bertz CT molecular complexity index is 416. The highest BCUT2D eigenvalue weighted by Crippen LogP contribution is 2.22. The zero-order valence-corrected chi connectivity index (χ0v) is 11.2. The Kier molecular flexibility index (Phi) is 4.66. The molecule has 1 aliphatic carbocycles. The fraction of sp³-hybridized carbons (Fsp3) is 0.500. The normalized spacial score (nSPS) is 17.7. The molecule has 98 valence electrons. The van der Waals surface area contributed by atoms with Crippen LogP contribution >= 0.6 is 12.6 Å². The van der Waals surface area contributed by atoms with Crippen molar-refractivity contribution in [3.05, 3.63) is 29.8 Å². The summed E-state index contributed by atoms with van der Waals surface area (Å²) < 4.78 is 5.40. The molecule has 1 atom stereocenters. The van der Waals surface area contributed by atoms with Gasteiger partial charge in [-0.3, -0.25) is 4.79 Å². The molecule has 1 unspecified atom stereocenters. The van der Waals surface area contributed by atoms with Crippen LogP contribution in [0.4, 0.5) is 0 Å². The Morgan fingerprint density at radius 2 is 2.06 bits per heavy atom. The number of hydrogen-bond acceptors (Lipinski definition) is 4. The summed E-state index contributed by atoms with van der Waals surface area (Å²) in [5, 5.41) is 0. The van der Waals surface area contributed by atoms with Gasteiger partial charge in [0.25, 0.3) is 0 Å². The SMILES string of the molecule is NC(Cc1ccccc1S)C(=O)OC1CCCC1. The van der Waals surface area contributed by atoms with Gasteiger partial charge in [-0.2, -0.15) is 0 Å². The van der Waals surface area contributed by atoms with E-state index in [4.69, 9.17) is 10.5 Å². The van der Waals surface area contributed by atoms with Crippen LogP contribution in [0.3, 0.4) is 0 Å². The molecule has 0 bridgehead atoms. The third-order valence-electron chi connectivity index (χ3n) is 3.32. The zero-order valence-electron chi connectivity index (χ0n) is 10.3. The summed E-state index contributed by atoms with van der Waals surface area (Å²) >= 11 is 4.35. The van der Waals surface area contributed by atoms with E-state index in [0.717, 1.165) is 36.1 Å². The molecule has 1 saturated carbocycles. The number of thiol groups is 1. The molecule has 3 nitrogen and oxygen atoms in total. The predicted octanol–water partition coefficient (Wildman–Crippen LogP) is 2.33. The van der Waals surface area contributed by atoms with E-state index in [1.165, 1.54) is 0 Å². The van der Waals surface area contributed by atoms with Crippen molar-refractivity contribution in [2.75, 3.05) is 0 Å². The van der Waals surface area contributed by atoms with Crippen molar-refractivity contribution in [1.29, 1.82) is 0 Å². The topological polar surface area (TPSA) is 52.3 Å². The third kappa shape index (κ3) is 3.50. The lowest BCUT2D eigenvalue weighted by molar-refractivity contribution is -0.150. The number of benzene rings is 1. The maximum Gasteiger partial charge on any atom is 0.323 e. The molecule has 0 saturated heterocycles. The summed E-state index contributed by atoms with van der Waals surface area (Å²) in [6, 6.07) is 7.07. The summed E-state index contributed by atoms with van der Waals surface area (Å²) in [4.78, 5) is 12.7. The van der Waals surface area contributed by atoms with E-state index in [2.05, 4.69) is 12.6 Å². The van der Waals surface area contributed by atoms with E-state index in [-0.39, 0.29) is 12.1 Å². The molecule has 1 aliphatic rings. The quantitative estimate of drug-likeness (QED) is 0.649. The molecule has 0 aliphatic heterocycles. The molecular weight excluding hydrogens is 246 g/mol. The number of ether oxygens (including phenoxy) is 1. The molecular formula is C14H19NO2S. The van der Waals surface area contributed by atoms with Gasteiger partial charge >= 0.3 is 5.97 Å². The van der Waals surface area contributed by atoms with E-state index in [1.54, 1.807) is 0 Å². The van der Waals surface area contributed by atoms with Crippen molar-refractivity contribution in [1.82, 2.24) is 0 Å². The lowest BCUT2D eigenvalue weighted by Gasteiger charge is -2.16. The van der Waals surface area contributed by atoms with Gasteiger partial charge < -0.3 is 10.5 Å². The van der Waals surface area contributed by atoms with E-state index in [9.17, 15) is 4.79 Å². The molecule has 1 aromatic rings. The van der Waals surface area contributed by atoms with Gasteiger partial charge in [-0.25, -0.2) is 0 Å². The van der Waals surface area contributed by atoms with Crippen molar-refractivity contribution in [3.63, 3.8) is 0 Å². The first-order valence-corrected chi connectivity index (χ1v) is 6.84. The predicted molar refractivity (Wildman–Crippen MR) is 73.7 cm³/mol. The average molecular weight is 265 g/mol. The fourth-order valence-corrected chi connectivity index (χ4v) is 2.51. The minimum Gasteiger partial charge on any atom is -0.461 e.